The van der Waals surface area contributed by atoms with Gasteiger partial charge in [-0.25, -0.2) is 0 Å². The van der Waals surface area contributed by atoms with E-state index in [4.69, 9.17) is 5.53 Å². The lowest BCUT2D eigenvalue weighted by atomic mass is 9.87. The molecule has 0 saturated heterocycles. The van der Waals surface area contributed by atoms with Crippen molar-refractivity contribution in [2.75, 3.05) is 0 Å². The lowest BCUT2D eigenvalue weighted by Crippen LogP contribution is -2.32. The Morgan fingerprint density at radius 1 is 1.29 bits per heavy atom. The van der Waals surface area contributed by atoms with Crippen molar-refractivity contribution in [3.63, 3.8) is 0 Å². The minimum absolute atomic E-state index is 0.310. The molecule has 2 rings (SSSR count). The summed E-state index contributed by atoms with van der Waals surface area (Å²) >= 11 is 0. The number of hydrogen-bond acceptors (Lipinski definition) is 2. The summed E-state index contributed by atoms with van der Waals surface area (Å²) in [5.41, 5.74) is 10.7. The molecule has 1 aromatic carbocycles. The summed E-state index contributed by atoms with van der Waals surface area (Å²) < 4.78 is 0. The molecule has 0 saturated carbocycles. The van der Waals surface area contributed by atoms with E-state index in [-0.39, 0.29) is 6.04 Å². The highest BCUT2D eigenvalue weighted by molar-refractivity contribution is 5.31. The predicted molar refractivity (Wildman–Crippen MR) is 52.8 cm³/mol. The molecule has 72 valence electrons. The summed E-state index contributed by atoms with van der Waals surface area (Å²) in [5, 5.41) is 13.3. The van der Waals surface area contributed by atoms with E-state index in [2.05, 4.69) is 10.0 Å². The fourth-order valence-corrected chi connectivity index (χ4v) is 1.86. The van der Waals surface area contributed by atoms with Crippen LogP contribution in [0.25, 0.3) is 10.4 Å². The second-order valence-electron chi connectivity index (χ2n) is 3.52. The number of aliphatic hydroxyl groups excluding tert-OH is 1. The Bertz CT molecular complexity index is 385. The molecule has 0 radical (unpaired) electrons. The minimum atomic E-state index is -0.541. The molecule has 2 atom stereocenters. The Hall–Kier alpha value is -1.51. The van der Waals surface area contributed by atoms with Crippen LogP contribution in [0, 0.1) is 0 Å². The van der Waals surface area contributed by atoms with Crippen LogP contribution in [0.4, 0.5) is 0 Å². The topological polar surface area (TPSA) is 69.0 Å². The molecule has 4 nitrogen and oxygen atoms in total. The van der Waals surface area contributed by atoms with Crippen molar-refractivity contribution in [2.24, 2.45) is 5.11 Å². The summed E-state index contributed by atoms with van der Waals surface area (Å²) in [6.07, 6.45) is 0.683. The first-order valence-electron chi connectivity index (χ1n) is 4.60. The zero-order chi connectivity index (χ0) is 9.97. The SMILES string of the molecule is [N-]=[N+]=NC1Cc2ccccc2CC1O. The van der Waals surface area contributed by atoms with Gasteiger partial charge in [0.05, 0.1) is 12.1 Å². The molecule has 0 fully saturated rings. The van der Waals surface area contributed by atoms with Crippen molar-refractivity contribution >= 4 is 0 Å². The van der Waals surface area contributed by atoms with E-state index >= 15 is 0 Å². The molecule has 0 aromatic heterocycles. The molecule has 2 unspecified atom stereocenters. The highest BCUT2D eigenvalue weighted by atomic mass is 16.3. The number of nitrogens with zero attached hydrogens (tertiary/aromatic N) is 3. The summed E-state index contributed by atoms with van der Waals surface area (Å²) in [6.45, 7) is 0. The maximum Gasteiger partial charge on any atom is 0.0677 e. The Morgan fingerprint density at radius 2 is 1.93 bits per heavy atom. The van der Waals surface area contributed by atoms with Crippen LogP contribution >= 0.6 is 0 Å². The highest BCUT2D eigenvalue weighted by Crippen LogP contribution is 2.23. The number of fused-ring (bicyclic) bond motifs is 1. The van der Waals surface area contributed by atoms with Crippen LogP contribution in [0.5, 0.6) is 0 Å². The monoisotopic (exact) mass is 189 g/mol. The fraction of sp³-hybridized carbons (Fsp3) is 0.400. The lowest BCUT2D eigenvalue weighted by Gasteiger charge is -2.26. The molecule has 4 heteroatoms. The number of aliphatic hydroxyl groups is 1. The number of rotatable bonds is 1. The van der Waals surface area contributed by atoms with Crippen LogP contribution in [0.1, 0.15) is 11.1 Å². The van der Waals surface area contributed by atoms with E-state index in [1.54, 1.807) is 0 Å². The van der Waals surface area contributed by atoms with Crippen LogP contribution < -0.4 is 0 Å². The van der Waals surface area contributed by atoms with Crippen LogP contribution in [-0.4, -0.2) is 17.3 Å². The number of azide groups is 1. The smallest absolute Gasteiger partial charge is 0.0677 e. The Morgan fingerprint density at radius 3 is 2.57 bits per heavy atom. The molecule has 0 bridgehead atoms. The van der Waals surface area contributed by atoms with Gasteiger partial charge in [0.15, 0.2) is 0 Å². The van der Waals surface area contributed by atoms with Crippen molar-refractivity contribution in [3.8, 4) is 0 Å². The first-order valence-corrected chi connectivity index (χ1v) is 4.60. The molecule has 1 aliphatic carbocycles. The van der Waals surface area contributed by atoms with Gasteiger partial charge in [-0.3, -0.25) is 0 Å². The van der Waals surface area contributed by atoms with Gasteiger partial charge in [0.2, 0.25) is 0 Å². The second kappa shape index (κ2) is 3.70. The van der Waals surface area contributed by atoms with Crippen molar-refractivity contribution in [3.05, 3.63) is 45.8 Å². The van der Waals surface area contributed by atoms with Gasteiger partial charge in [0, 0.05) is 4.91 Å². The van der Waals surface area contributed by atoms with Crippen LogP contribution in [0.3, 0.4) is 0 Å². The van der Waals surface area contributed by atoms with Gasteiger partial charge in [-0.15, -0.1) is 0 Å². The summed E-state index contributed by atoms with van der Waals surface area (Å²) in [7, 11) is 0. The zero-order valence-corrected chi connectivity index (χ0v) is 7.67. The van der Waals surface area contributed by atoms with Crippen LogP contribution in [0.2, 0.25) is 0 Å². The molecule has 14 heavy (non-hydrogen) atoms. The average molecular weight is 189 g/mol. The summed E-state index contributed by atoms with van der Waals surface area (Å²) in [6, 6.07) is 7.63. The molecule has 1 N–H and O–H groups in total. The normalized spacial score (nSPS) is 24.9. The number of hydrogen-bond donors (Lipinski definition) is 1. The van der Waals surface area contributed by atoms with Crippen LogP contribution in [-0.2, 0) is 12.8 Å². The largest absolute Gasteiger partial charge is 0.392 e. The Labute approximate surface area is 81.8 Å². The average Bonchev–Trinajstić information content (AvgIpc) is 2.19. The van der Waals surface area contributed by atoms with Gasteiger partial charge in [-0.05, 0) is 29.5 Å². The summed E-state index contributed by atoms with van der Waals surface area (Å²) in [5.74, 6) is 0. The van der Waals surface area contributed by atoms with E-state index in [1.807, 2.05) is 24.3 Å². The van der Waals surface area contributed by atoms with Gasteiger partial charge in [0.25, 0.3) is 0 Å². The summed E-state index contributed by atoms with van der Waals surface area (Å²) in [4.78, 5) is 2.75. The third-order valence-corrected chi connectivity index (χ3v) is 2.62. The zero-order valence-electron chi connectivity index (χ0n) is 7.67. The predicted octanol–water partition coefficient (Wildman–Crippen LogP) is 1.82. The third-order valence-electron chi connectivity index (χ3n) is 2.62. The van der Waals surface area contributed by atoms with Crippen molar-refractivity contribution in [1.29, 1.82) is 0 Å². The first kappa shape index (κ1) is 9.06. The molecular weight excluding hydrogens is 178 g/mol. The van der Waals surface area contributed by atoms with E-state index in [1.165, 1.54) is 5.56 Å². The van der Waals surface area contributed by atoms with E-state index in [0.717, 1.165) is 5.56 Å². The van der Waals surface area contributed by atoms with E-state index in [0.29, 0.717) is 12.8 Å². The molecule has 1 aromatic rings. The molecule has 0 aliphatic heterocycles. The van der Waals surface area contributed by atoms with Crippen molar-refractivity contribution in [2.45, 2.75) is 25.0 Å². The van der Waals surface area contributed by atoms with Crippen molar-refractivity contribution in [1.82, 2.24) is 0 Å². The third kappa shape index (κ3) is 1.58. The van der Waals surface area contributed by atoms with Crippen LogP contribution in [0.15, 0.2) is 29.4 Å². The first-order chi connectivity index (χ1) is 6.81. The Balaban J connectivity index is 2.30. The highest BCUT2D eigenvalue weighted by Gasteiger charge is 2.25. The van der Waals surface area contributed by atoms with Crippen molar-refractivity contribution < 1.29 is 5.11 Å². The van der Waals surface area contributed by atoms with Gasteiger partial charge >= 0.3 is 0 Å². The molecular formula is C10H11N3O. The lowest BCUT2D eigenvalue weighted by molar-refractivity contribution is 0.137. The minimum Gasteiger partial charge on any atom is -0.392 e. The van der Waals surface area contributed by atoms with E-state index < -0.39 is 6.10 Å². The molecule has 0 heterocycles. The standard InChI is InChI=1S/C10H11N3O/c11-13-12-9-5-7-3-1-2-4-8(7)6-10(9)14/h1-4,9-10,14H,5-6H2. The van der Waals surface area contributed by atoms with Gasteiger partial charge in [0.1, 0.15) is 0 Å². The van der Waals surface area contributed by atoms with Gasteiger partial charge < -0.3 is 5.11 Å². The fourth-order valence-electron chi connectivity index (χ4n) is 1.86. The maximum absolute atomic E-state index is 9.68. The quantitative estimate of drug-likeness (QED) is 0.408. The molecule has 1 aliphatic rings. The molecule has 0 amide bonds. The second-order valence-corrected chi connectivity index (χ2v) is 3.52. The van der Waals surface area contributed by atoms with E-state index in [9.17, 15) is 5.11 Å². The van der Waals surface area contributed by atoms with Gasteiger partial charge in [-0.2, -0.15) is 0 Å². The maximum atomic E-state index is 9.68. The van der Waals surface area contributed by atoms with Gasteiger partial charge in [-0.1, -0.05) is 29.4 Å². The molecule has 0 spiro atoms. The number of benzene rings is 1. The Kier molecular flexibility index (Phi) is 2.39.